The van der Waals surface area contributed by atoms with Gasteiger partial charge < -0.3 is 10.4 Å². The van der Waals surface area contributed by atoms with Gasteiger partial charge in [-0.15, -0.1) is 11.3 Å². The van der Waals surface area contributed by atoms with Gasteiger partial charge in [0.2, 0.25) is 5.75 Å². The van der Waals surface area contributed by atoms with Crippen LogP contribution in [0.5, 0.6) is 5.75 Å². The summed E-state index contributed by atoms with van der Waals surface area (Å²) >= 11 is 1.24. The number of rotatable bonds is 3. The van der Waals surface area contributed by atoms with E-state index in [1.54, 1.807) is 13.1 Å². The molecule has 0 unspecified atom stereocenters. The average Bonchev–Trinajstić information content (AvgIpc) is 2.91. The van der Waals surface area contributed by atoms with Crippen LogP contribution in [0.25, 0.3) is 4.96 Å². The minimum absolute atomic E-state index is 0.128. The summed E-state index contributed by atoms with van der Waals surface area (Å²) in [5, 5.41) is 12.5. The molecule has 1 aromatic carbocycles. The molecule has 0 atom stereocenters. The molecule has 0 radical (unpaired) electrons. The van der Waals surface area contributed by atoms with E-state index in [1.807, 2.05) is 0 Å². The molecule has 0 spiro atoms. The molecule has 0 bridgehead atoms. The third kappa shape index (κ3) is 2.93. The number of fused-ring (bicyclic) bond motifs is 1. The molecule has 2 heterocycles. The number of halogens is 1. The molecular formula is C15H12FN3O3S. The van der Waals surface area contributed by atoms with Gasteiger partial charge in [0.15, 0.2) is 10.7 Å². The second kappa shape index (κ2) is 5.81. The second-order valence-corrected chi connectivity index (χ2v) is 6.13. The Hall–Kier alpha value is -2.74. The number of hydrogen-bond acceptors (Lipinski definition) is 5. The van der Waals surface area contributed by atoms with Crippen LogP contribution < -0.4 is 10.9 Å². The normalized spacial score (nSPS) is 10.9. The van der Waals surface area contributed by atoms with E-state index in [4.69, 9.17) is 0 Å². The highest BCUT2D eigenvalue weighted by atomic mass is 32.1. The minimum atomic E-state index is -0.697. The summed E-state index contributed by atoms with van der Waals surface area (Å²) in [5.41, 5.74) is -0.325. The van der Waals surface area contributed by atoms with Gasteiger partial charge in [-0.05, 0) is 24.6 Å². The van der Waals surface area contributed by atoms with Gasteiger partial charge in [-0.1, -0.05) is 12.1 Å². The van der Waals surface area contributed by atoms with Crippen molar-refractivity contribution in [2.45, 2.75) is 13.5 Å². The first kappa shape index (κ1) is 15.2. The molecule has 3 rings (SSSR count). The van der Waals surface area contributed by atoms with Crippen molar-refractivity contribution in [1.29, 1.82) is 0 Å². The van der Waals surface area contributed by atoms with Crippen LogP contribution in [0.2, 0.25) is 0 Å². The number of nitrogens with zero attached hydrogens (tertiary/aromatic N) is 2. The number of nitrogens with one attached hydrogen (secondary N) is 1. The van der Waals surface area contributed by atoms with Crippen molar-refractivity contribution >= 4 is 22.2 Å². The highest BCUT2D eigenvalue weighted by molar-refractivity contribution is 7.16. The van der Waals surface area contributed by atoms with E-state index in [0.29, 0.717) is 10.5 Å². The molecule has 0 saturated heterocycles. The zero-order valence-electron chi connectivity index (χ0n) is 12.0. The van der Waals surface area contributed by atoms with Gasteiger partial charge in [-0.3, -0.25) is 14.0 Å². The molecule has 0 aliphatic carbocycles. The monoisotopic (exact) mass is 333 g/mol. The summed E-state index contributed by atoms with van der Waals surface area (Å²) in [6, 6.07) is 5.63. The average molecular weight is 333 g/mol. The van der Waals surface area contributed by atoms with Crippen molar-refractivity contribution in [3.63, 3.8) is 0 Å². The van der Waals surface area contributed by atoms with Gasteiger partial charge >= 0.3 is 5.56 Å². The molecular weight excluding hydrogens is 321 g/mol. The third-order valence-corrected chi connectivity index (χ3v) is 4.10. The van der Waals surface area contributed by atoms with Crippen LogP contribution in [0.4, 0.5) is 4.39 Å². The van der Waals surface area contributed by atoms with Crippen LogP contribution in [0.3, 0.4) is 0 Å². The number of carbonyl (C=O) groups is 1. The van der Waals surface area contributed by atoms with Crippen LogP contribution in [0.15, 0.2) is 35.3 Å². The van der Waals surface area contributed by atoms with E-state index < -0.39 is 17.2 Å². The van der Waals surface area contributed by atoms with E-state index in [1.165, 1.54) is 40.0 Å². The van der Waals surface area contributed by atoms with E-state index >= 15 is 0 Å². The fourth-order valence-corrected chi connectivity index (χ4v) is 2.89. The zero-order valence-corrected chi connectivity index (χ0v) is 12.9. The standard InChI is InChI=1S/C15H12FN3O3S/c1-8-7-19-14(22)12(20)11(18-15(19)23-8)13(21)17-6-9-2-4-10(16)5-3-9/h2-5,7,20H,6H2,1H3,(H,17,21). The van der Waals surface area contributed by atoms with E-state index in [-0.39, 0.29) is 18.1 Å². The number of amides is 1. The predicted octanol–water partition coefficient (Wildman–Crippen LogP) is 1.84. The maximum Gasteiger partial charge on any atom is 0.301 e. The lowest BCUT2D eigenvalue weighted by atomic mass is 10.2. The number of benzene rings is 1. The van der Waals surface area contributed by atoms with Gasteiger partial charge in [0.25, 0.3) is 5.91 Å². The zero-order chi connectivity index (χ0) is 16.6. The van der Waals surface area contributed by atoms with Crippen molar-refractivity contribution in [2.75, 3.05) is 0 Å². The Labute approximate surface area is 133 Å². The van der Waals surface area contributed by atoms with Crippen molar-refractivity contribution in [2.24, 2.45) is 0 Å². The third-order valence-electron chi connectivity index (χ3n) is 3.20. The lowest BCUT2D eigenvalue weighted by Gasteiger charge is -2.06. The van der Waals surface area contributed by atoms with Crippen molar-refractivity contribution < 1.29 is 14.3 Å². The quantitative estimate of drug-likeness (QED) is 0.766. The fraction of sp³-hybridized carbons (Fsp3) is 0.133. The van der Waals surface area contributed by atoms with Gasteiger partial charge in [-0.2, -0.15) is 0 Å². The van der Waals surface area contributed by atoms with Crippen LogP contribution in [-0.2, 0) is 6.54 Å². The second-order valence-electron chi connectivity index (χ2n) is 4.92. The number of aromatic nitrogens is 2. The minimum Gasteiger partial charge on any atom is -0.501 e. The Morgan fingerprint density at radius 2 is 2.09 bits per heavy atom. The van der Waals surface area contributed by atoms with Gasteiger partial charge in [0, 0.05) is 17.6 Å². The summed E-state index contributed by atoms with van der Waals surface area (Å²) in [7, 11) is 0. The first-order valence-corrected chi connectivity index (χ1v) is 7.52. The predicted molar refractivity (Wildman–Crippen MR) is 83.3 cm³/mol. The molecule has 2 N–H and O–H groups in total. The van der Waals surface area contributed by atoms with E-state index in [0.717, 1.165) is 4.88 Å². The summed E-state index contributed by atoms with van der Waals surface area (Å²) in [5.74, 6) is -1.74. The summed E-state index contributed by atoms with van der Waals surface area (Å²) in [4.78, 5) is 29.4. The molecule has 1 amide bonds. The number of aromatic hydroxyl groups is 1. The molecule has 0 aliphatic heterocycles. The van der Waals surface area contributed by atoms with Crippen LogP contribution >= 0.6 is 11.3 Å². The Morgan fingerprint density at radius 3 is 2.78 bits per heavy atom. The SMILES string of the molecule is Cc1cn2c(=O)c(O)c(C(=O)NCc3ccc(F)cc3)nc2s1. The lowest BCUT2D eigenvalue weighted by Crippen LogP contribution is -2.27. The number of thiazole rings is 1. The topological polar surface area (TPSA) is 83.7 Å². The molecule has 118 valence electrons. The molecule has 8 heteroatoms. The molecule has 6 nitrogen and oxygen atoms in total. The lowest BCUT2D eigenvalue weighted by molar-refractivity contribution is 0.0943. The molecule has 0 fully saturated rings. The Balaban J connectivity index is 1.87. The van der Waals surface area contributed by atoms with E-state index in [2.05, 4.69) is 10.3 Å². The smallest absolute Gasteiger partial charge is 0.301 e. The van der Waals surface area contributed by atoms with Gasteiger partial charge in [-0.25, -0.2) is 9.37 Å². The summed E-state index contributed by atoms with van der Waals surface area (Å²) in [6.45, 7) is 1.92. The maximum absolute atomic E-state index is 12.8. The molecule has 0 saturated carbocycles. The van der Waals surface area contributed by atoms with E-state index in [9.17, 15) is 19.1 Å². The Bertz CT molecular complexity index is 947. The summed E-state index contributed by atoms with van der Waals surface area (Å²) in [6.07, 6.45) is 1.55. The molecule has 0 aliphatic rings. The first-order valence-electron chi connectivity index (χ1n) is 6.70. The van der Waals surface area contributed by atoms with Crippen molar-refractivity contribution in [3.05, 3.63) is 62.8 Å². The number of carbonyl (C=O) groups excluding carboxylic acids is 1. The molecule has 23 heavy (non-hydrogen) atoms. The van der Waals surface area contributed by atoms with Gasteiger partial charge in [0.1, 0.15) is 5.82 Å². The Kier molecular flexibility index (Phi) is 3.83. The molecule has 3 aromatic rings. The maximum atomic E-state index is 12.8. The largest absolute Gasteiger partial charge is 0.501 e. The highest BCUT2D eigenvalue weighted by Gasteiger charge is 2.19. The van der Waals surface area contributed by atoms with Crippen LogP contribution in [-0.4, -0.2) is 20.4 Å². The van der Waals surface area contributed by atoms with Crippen molar-refractivity contribution in [1.82, 2.24) is 14.7 Å². The molecule has 2 aromatic heterocycles. The number of hydrogen-bond donors (Lipinski definition) is 2. The van der Waals surface area contributed by atoms with Crippen LogP contribution in [0.1, 0.15) is 20.9 Å². The highest BCUT2D eigenvalue weighted by Crippen LogP contribution is 2.17. The summed E-state index contributed by atoms with van der Waals surface area (Å²) < 4.78 is 14.0. The van der Waals surface area contributed by atoms with Crippen molar-refractivity contribution in [3.8, 4) is 5.75 Å². The number of aryl methyl sites for hydroxylation is 1. The van der Waals surface area contributed by atoms with Gasteiger partial charge in [0.05, 0.1) is 0 Å². The Morgan fingerprint density at radius 1 is 1.39 bits per heavy atom. The fourth-order valence-electron chi connectivity index (χ4n) is 2.07. The first-order chi connectivity index (χ1) is 11.0. The van der Waals surface area contributed by atoms with Crippen LogP contribution in [0, 0.1) is 12.7 Å².